The number of carbonyl (C=O) groups is 1. The van der Waals surface area contributed by atoms with Gasteiger partial charge < -0.3 is 0 Å². The highest BCUT2D eigenvalue weighted by atomic mass is 16.1. The third-order valence-electron chi connectivity index (χ3n) is 3.98. The van der Waals surface area contributed by atoms with Crippen molar-refractivity contribution in [2.75, 3.05) is 7.05 Å². The van der Waals surface area contributed by atoms with Crippen LogP contribution in [0, 0.1) is 6.92 Å². The van der Waals surface area contributed by atoms with E-state index in [9.17, 15) is 4.79 Å². The van der Waals surface area contributed by atoms with Gasteiger partial charge in [0.05, 0.1) is 6.04 Å². The topological polar surface area (TPSA) is 20.3 Å². The van der Waals surface area contributed by atoms with Gasteiger partial charge in [0.25, 0.3) is 0 Å². The van der Waals surface area contributed by atoms with Gasteiger partial charge in [0.2, 0.25) is 0 Å². The van der Waals surface area contributed by atoms with Gasteiger partial charge in [-0.25, -0.2) is 0 Å². The highest BCUT2D eigenvalue weighted by Gasteiger charge is 2.29. The van der Waals surface area contributed by atoms with Crippen molar-refractivity contribution in [1.29, 1.82) is 0 Å². The van der Waals surface area contributed by atoms with E-state index in [0.717, 1.165) is 5.56 Å². The second-order valence-electron chi connectivity index (χ2n) is 5.16. The van der Waals surface area contributed by atoms with Crippen LogP contribution in [-0.4, -0.2) is 29.8 Å². The van der Waals surface area contributed by atoms with Crippen LogP contribution in [0.25, 0.3) is 0 Å². The molecule has 0 radical (unpaired) electrons. The molecule has 0 heterocycles. The molecule has 0 saturated heterocycles. The van der Waals surface area contributed by atoms with Crippen molar-refractivity contribution in [3.05, 3.63) is 35.4 Å². The smallest absolute Gasteiger partial charge is 0.179 e. The van der Waals surface area contributed by atoms with Crippen LogP contribution in [0.4, 0.5) is 0 Å². The summed E-state index contributed by atoms with van der Waals surface area (Å²) in [6, 6.07) is 8.47. The first kappa shape index (κ1) is 12.3. The fraction of sp³-hybridized carbons (Fsp3) is 0.533. The van der Waals surface area contributed by atoms with Crippen LogP contribution in [0.1, 0.15) is 42.1 Å². The normalized spacial score (nSPS) is 17.9. The molecule has 17 heavy (non-hydrogen) atoms. The summed E-state index contributed by atoms with van der Waals surface area (Å²) in [5, 5.41) is 0. The molecule has 1 aliphatic rings. The van der Waals surface area contributed by atoms with E-state index in [4.69, 9.17) is 0 Å². The predicted octanol–water partition coefficient (Wildman–Crippen LogP) is 3.05. The lowest BCUT2D eigenvalue weighted by atomic mass is 9.90. The Bertz CT molecular complexity index is 392. The van der Waals surface area contributed by atoms with Crippen LogP contribution in [0.15, 0.2) is 24.3 Å². The molecule has 1 aromatic carbocycles. The molecule has 2 rings (SSSR count). The molecule has 0 aromatic heterocycles. The van der Waals surface area contributed by atoms with Gasteiger partial charge in [-0.15, -0.1) is 0 Å². The van der Waals surface area contributed by atoms with Crippen molar-refractivity contribution in [2.45, 2.75) is 45.2 Å². The minimum Gasteiger partial charge on any atom is -0.294 e. The van der Waals surface area contributed by atoms with E-state index in [1.54, 1.807) is 0 Å². The Hall–Kier alpha value is -1.15. The third kappa shape index (κ3) is 2.58. The highest BCUT2D eigenvalue weighted by molar-refractivity contribution is 5.99. The largest absolute Gasteiger partial charge is 0.294 e. The van der Waals surface area contributed by atoms with Crippen molar-refractivity contribution >= 4 is 5.78 Å². The molecular weight excluding hydrogens is 210 g/mol. The second-order valence-corrected chi connectivity index (χ2v) is 5.16. The molecule has 92 valence electrons. The van der Waals surface area contributed by atoms with Crippen molar-refractivity contribution in [2.24, 2.45) is 0 Å². The third-order valence-corrected chi connectivity index (χ3v) is 3.98. The Morgan fingerprint density at radius 3 is 2.35 bits per heavy atom. The molecule has 0 N–H and O–H groups in total. The SMILES string of the molecule is Cc1ccc(C(=O)C(C)N(C)C2CCC2)cc1. The van der Waals surface area contributed by atoms with Gasteiger partial charge in [-0.05, 0) is 33.7 Å². The second kappa shape index (κ2) is 5.01. The molecule has 1 aliphatic carbocycles. The number of nitrogens with zero attached hydrogens (tertiary/aromatic N) is 1. The highest BCUT2D eigenvalue weighted by Crippen LogP contribution is 2.25. The molecule has 0 aliphatic heterocycles. The number of rotatable bonds is 4. The first-order valence-corrected chi connectivity index (χ1v) is 6.42. The minimum atomic E-state index is -0.0111. The number of hydrogen-bond acceptors (Lipinski definition) is 2. The fourth-order valence-electron chi connectivity index (χ4n) is 2.25. The molecule has 1 fully saturated rings. The van der Waals surface area contributed by atoms with Gasteiger partial charge in [0.1, 0.15) is 0 Å². The Morgan fingerprint density at radius 1 is 1.29 bits per heavy atom. The average Bonchev–Trinajstić information content (AvgIpc) is 2.25. The average molecular weight is 231 g/mol. The van der Waals surface area contributed by atoms with Gasteiger partial charge >= 0.3 is 0 Å². The summed E-state index contributed by atoms with van der Waals surface area (Å²) in [4.78, 5) is 14.5. The van der Waals surface area contributed by atoms with Gasteiger partial charge in [0, 0.05) is 11.6 Å². The Kier molecular flexibility index (Phi) is 3.63. The number of ketones is 1. The fourth-order valence-corrected chi connectivity index (χ4v) is 2.25. The number of likely N-dealkylation sites (N-methyl/N-ethyl adjacent to an activating group) is 1. The molecule has 1 unspecified atom stereocenters. The summed E-state index contributed by atoms with van der Waals surface area (Å²) in [6.45, 7) is 4.05. The lowest BCUT2D eigenvalue weighted by Crippen LogP contribution is -2.46. The van der Waals surface area contributed by atoms with E-state index in [2.05, 4.69) is 11.9 Å². The van der Waals surface area contributed by atoms with Gasteiger partial charge in [-0.3, -0.25) is 9.69 Å². The van der Waals surface area contributed by atoms with Crippen LogP contribution < -0.4 is 0 Å². The van der Waals surface area contributed by atoms with E-state index in [1.807, 2.05) is 38.1 Å². The summed E-state index contributed by atoms with van der Waals surface area (Å²) in [5.74, 6) is 0.236. The van der Waals surface area contributed by atoms with Gasteiger partial charge in [-0.2, -0.15) is 0 Å². The lowest BCUT2D eigenvalue weighted by Gasteiger charge is -2.38. The summed E-state index contributed by atoms with van der Waals surface area (Å²) in [6.07, 6.45) is 3.78. The van der Waals surface area contributed by atoms with Gasteiger partial charge in [0.15, 0.2) is 5.78 Å². The zero-order valence-electron chi connectivity index (χ0n) is 10.9. The molecule has 0 bridgehead atoms. The van der Waals surface area contributed by atoms with Crippen LogP contribution in [0.3, 0.4) is 0 Å². The molecule has 0 spiro atoms. The predicted molar refractivity (Wildman–Crippen MR) is 70.4 cm³/mol. The van der Waals surface area contributed by atoms with E-state index in [-0.39, 0.29) is 11.8 Å². The first-order valence-electron chi connectivity index (χ1n) is 6.42. The van der Waals surface area contributed by atoms with Crippen LogP contribution in [0.5, 0.6) is 0 Å². The molecular formula is C15H21NO. The summed E-state index contributed by atoms with van der Waals surface area (Å²) in [5.41, 5.74) is 2.02. The quantitative estimate of drug-likeness (QED) is 0.742. The van der Waals surface area contributed by atoms with E-state index < -0.39 is 0 Å². The lowest BCUT2D eigenvalue weighted by molar-refractivity contribution is 0.0723. The number of carbonyl (C=O) groups excluding carboxylic acids is 1. The molecule has 0 amide bonds. The zero-order chi connectivity index (χ0) is 12.4. The van der Waals surface area contributed by atoms with Crippen LogP contribution in [-0.2, 0) is 0 Å². The van der Waals surface area contributed by atoms with Crippen LogP contribution in [0.2, 0.25) is 0 Å². The Morgan fingerprint density at radius 2 is 1.88 bits per heavy atom. The minimum absolute atomic E-state index is 0.0111. The monoisotopic (exact) mass is 231 g/mol. The van der Waals surface area contributed by atoms with E-state index in [0.29, 0.717) is 6.04 Å². The summed E-state index contributed by atoms with van der Waals surface area (Å²) in [7, 11) is 2.07. The maximum absolute atomic E-state index is 12.3. The van der Waals surface area contributed by atoms with Gasteiger partial charge in [-0.1, -0.05) is 36.2 Å². The number of hydrogen-bond donors (Lipinski definition) is 0. The Labute approximate surface area is 104 Å². The number of benzene rings is 1. The van der Waals surface area contributed by atoms with Crippen molar-refractivity contribution in [3.63, 3.8) is 0 Å². The van der Waals surface area contributed by atoms with Crippen molar-refractivity contribution in [3.8, 4) is 0 Å². The molecule has 2 heteroatoms. The first-order chi connectivity index (χ1) is 8.09. The van der Waals surface area contributed by atoms with E-state index >= 15 is 0 Å². The molecule has 2 nitrogen and oxygen atoms in total. The van der Waals surface area contributed by atoms with Crippen molar-refractivity contribution < 1.29 is 4.79 Å². The summed E-state index contributed by atoms with van der Waals surface area (Å²) < 4.78 is 0. The molecule has 1 saturated carbocycles. The zero-order valence-corrected chi connectivity index (χ0v) is 10.9. The maximum Gasteiger partial charge on any atom is 0.179 e. The van der Waals surface area contributed by atoms with Crippen molar-refractivity contribution in [1.82, 2.24) is 4.90 Å². The maximum atomic E-state index is 12.3. The molecule has 1 atom stereocenters. The summed E-state index contributed by atoms with van der Waals surface area (Å²) >= 11 is 0. The number of aryl methyl sites for hydroxylation is 1. The van der Waals surface area contributed by atoms with Crippen LogP contribution >= 0.6 is 0 Å². The molecule has 1 aromatic rings. The standard InChI is InChI=1S/C15H21NO/c1-11-7-9-13(10-8-11)15(17)12(2)16(3)14-5-4-6-14/h7-10,12,14H,4-6H2,1-3H3. The van der Waals surface area contributed by atoms with E-state index in [1.165, 1.54) is 24.8 Å². The number of Topliss-reactive ketones (excluding diaryl/α,β-unsaturated/α-hetero) is 1. The Balaban J connectivity index is 2.05.